The second-order valence-corrected chi connectivity index (χ2v) is 5.39. The van der Waals surface area contributed by atoms with Crippen molar-refractivity contribution >= 4 is 10.2 Å². The number of rotatable bonds is 7. The van der Waals surface area contributed by atoms with Gasteiger partial charge in [0.1, 0.15) is 0 Å². The molecule has 0 bridgehead atoms. The van der Waals surface area contributed by atoms with Gasteiger partial charge in [-0.15, -0.1) is 0 Å². The standard InChI is InChI=1S/C8H17N5O3S/c1-7-11-8(16-12-7)6-10-17(14,15)13(2)5-3-4-9/h10H,3-6,9H2,1-2H3. The van der Waals surface area contributed by atoms with Crippen LogP contribution in [0.2, 0.25) is 0 Å². The smallest absolute Gasteiger partial charge is 0.279 e. The Morgan fingerprint density at radius 3 is 2.76 bits per heavy atom. The fraction of sp³-hybridized carbons (Fsp3) is 0.750. The molecule has 98 valence electrons. The second-order valence-electron chi connectivity index (χ2n) is 3.53. The minimum Gasteiger partial charge on any atom is -0.338 e. The van der Waals surface area contributed by atoms with Crippen LogP contribution >= 0.6 is 0 Å². The summed E-state index contributed by atoms with van der Waals surface area (Å²) in [5, 5.41) is 3.56. The zero-order valence-electron chi connectivity index (χ0n) is 9.88. The number of hydrogen-bond donors (Lipinski definition) is 2. The number of nitrogens with two attached hydrogens (primary N) is 1. The Morgan fingerprint density at radius 1 is 1.53 bits per heavy atom. The van der Waals surface area contributed by atoms with Crippen molar-refractivity contribution in [1.29, 1.82) is 0 Å². The molecule has 0 amide bonds. The van der Waals surface area contributed by atoms with Gasteiger partial charge in [0.15, 0.2) is 5.82 Å². The van der Waals surface area contributed by atoms with E-state index in [9.17, 15) is 8.42 Å². The average Bonchev–Trinajstić information content (AvgIpc) is 2.69. The average molecular weight is 263 g/mol. The summed E-state index contributed by atoms with van der Waals surface area (Å²) in [4.78, 5) is 3.89. The van der Waals surface area contributed by atoms with Gasteiger partial charge in [0, 0.05) is 13.6 Å². The molecule has 0 saturated carbocycles. The predicted octanol–water partition coefficient (Wildman–Crippen LogP) is -1.01. The second kappa shape index (κ2) is 6.05. The lowest BCUT2D eigenvalue weighted by molar-refractivity contribution is 0.369. The topological polar surface area (TPSA) is 114 Å². The van der Waals surface area contributed by atoms with Crippen LogP contribution in [0.4, 0.5) is 0 Å². The Hall–Kier alpha value is -1.03. The van der Waals surface area contributed by atoms with Crippen molar-refractivity contribution in [3.05, 3.63) is 11.7 Å². The van der Waals surface area contributed by atoms with E-state index in [0.717, 1.165) is 0 Å². The van der Waals surface area contributed by atoms with E-state index in [2.05, 4.69) is 14.9 Å². The molecule has 0 spiro atoms. The van der Waals surface area contributed by atoms with Gasteiger partial charge >= 0.3 is 0 Å². The van der Waals surface area contributed by atoms with Crippen molar-refractivity contribution in [3.63, 3.8) is 0 Å². The van der Waals surface area contributed by atoms with Crippen molar-refractivity contribution in [1.82, 2.24) is 19.2 Å². The van der Waals surface area contributed by atoms with Gasteiger partial charge < -0.3 is 10.3 Å². The third-order valence-corrected chi connectivity index (χ3v) is 3.58. The maximum atomic E-state index is 11.7. The van der Waals surface area contributed by atoms with Crippen molar-refractivity contribution < 1.29 is 12.9 Å². The van der Waals surface area contributed by atoms with E-state index in [4.69, 9.17) is 10.3 Å². The Bertz CT molecular complexity index is 444. The van der Waals surface area contributed by atoms with Crippen LogP contribution in [0, 0.1) is 6.92 Å². The molecular weight excluding hydrogens is 246 g/mol. The highest BCUT2D eigenvalue weighted by Crippen LogP contribution is 1.99. The van der Waals surface area contributed by atoms with Crippen molar-refractivity contribution in [3.8, 4) is 0 Å². The van der Waals surface area contributed by atoms with Gasteiger partial charge in [0.25, 0.3) is 10.2 Å². The van der Waals surface area contributed by atoms with E-state index in [0.29, 0.717) is 25.3 Å². The Kier molecular flexibility index (Phi) is 5.00. The van der Waals surface area contributed by atoms with Crippen LogP contribution in [0.15, 0.2) is 4.52 Å². The lowest BCUT2D eigenvalue weighted by Crippen LogP contribution is -2.38. The molecule has 1 aromatic rings. The van der Waals surface area contributed by atoms with E-state index >= 15 is 0 Å². The maximum absolute atomic E-state index is 11.7. The Balaban J connectivity index is 2.49. The molecule has 8 nitrogen and oxygen atoms in total. The molecule has 0 unspecified atom stereocenters. The number of aromatic nitrogens is 2. The van der Waals surface area contributed by atoms with E-state index in [1.54, 1.807) is 6.92 Å². The lowest BCUT2D eigenvalue weighted by atomic mass is 10.4. The van der Waals surface area contributed by atoms with Crippen LogP contribution in [0.1, 0.15) is 18.1 Å². The summed E-state index contributed by atoms with van der Waals surface area (Å²) in [6.07, 6.45) is 0.608. The number of aryl methyl sites for hydroxylation is 1. The van der Waals surface area contributed by atoms with E-state index in [-0.39, 0.29) is 12.4 Å². The first-order chi connectivity index (χ1) is 7.95. The predicted molar refractivity (Wildman–Crippen MR) is 61.1 cm³/mol. The molecule has 0 radical (unpaired) electrons. The first-order valence-corrected chi connectivity index (χ1v) is 6.60. The van der Waals surface area contributed by atoms with Crippen molar-refractivity contribution in [2.45, 2.75) is 19.9 Å². The monoisotopic (exact) mass is 263 g/mol. The molecule has 9 heteroatoms. The zero-order valence-corrected chi connectivity index (χ0v) is 10.7. The molecule has 0 aliphatic carbocycles. The fourth-order valence-electron chi connectivity index (χ4n) is 1.11. The highest BCUT2D eigenvalue weighted by molar-refractivity contribution is 7.87. The van der Waals surface area contributed by atoms with Crippen LogP contribution in [-0.2, 0) is 16.8 Å². The SMILES string of the molecule is Cc1noc(CNS(=O)(=O)N(C)CCCN)n1. The van der Waals surface area contributed by atoms with Crippen LogP contribution in [-0.4, -0.2) is 43.0 Å². The molecule has 0 atom stereocenters. The summed E-state index contributed by atoms with van der Waals surface area (Å²) in [6.45, 7) is 2.46. The summed E-state index contributed by atoms with van der Waals surface area (Å²) in [7, 11) is -2.04. The van der Waals surface area contributed by atoms with Crippen LogP contribution in [0.25, 0.3) is 0 Å². The molecular formula is C8H17N5O3S. The quantitative estimate of drug-likeness (QED) is 0.651. The van der Waals surface area contributed by atoms with Gasteiger partial charge in [-0.2, -0.15) is 22.4 Å². The summed E-state index contributed by atoms with van der Waals surface area (Å²) >= 11 is 0. The molecule has 0 saturated heterocycles. The van der Waals surface area contributed by atoms with E-state index < -0.39 is 10.2 Å². The molecule has 0 aliphatic heterocycles. The largest absolute Gasteiger partial charge is 0.338 e. The lowest BCUT2D eigenvalue weighted by Gasteiger charge is -2.16. The van der Waals surface area contributed by atoms with Gasteiger partial charge in [-0.05, 0) is 19.9 Å². The molecule has 1 rings (SSSR count). The minimum atomic E-state index is -3.52. The maximum Gasteiger partial charge on any atom is 0.279 e. The van der Waals surface area contributed by atoms with Gasteiger partial charge in [-0.1, -0.05) is 5.16 Å². The summed E-state index contributed by atoms with van der Waals surface area (Å²) in [5.74, 6) is 0.703. The molecule has 0 aliphatic rings. The molecule has 1 heterocycles. The van der Waals surface area contributed by atoms with Crippen LogP contribution < -0.4 is 10.5 Å². The number of nitrogens with one attached hydrogen (secondary N) is 1. The first kappa shape index (κ1) is 14.0. The molecule has 17 heavy (non-hydrogen) atoms. The van der Waals surface area contributed by atoms with Crippen LogP contribution in [0.5, 0.6) is 0 Å². The first-order valence-electron chi connectivity index (χ1n) is 5.16. The third-order valence-electron chi connectivity index (χ3n) is 2.06. The molecule has 3 N–H and O–H groups in total. The Morgan fingerprint density at radius 2 is 2.24 bits per heavy atom. The van der Waals surface area contributed by atoms with Gasteiger partial charge in [0.2, 0.25) is 5.89 Å². The van der Waals surface area contributed by atoms with E-state index in [1.165, 1.54) is 11.4 Å². The minimum absolute atomic E-state index is 0.0177. The molecule has 1 aromatic heterocycles. The highest BCUT2D eigenvalue weighted by Gasteiger charge is 2.17. The fourth-order valence-corrected chi connectivity index (χ4v) is 2.00. The molecule has 0 fully saturated rings. The summed E-state index contributed by atoms with van der Waals surface area (Å²) in [6, 6.07) is 0. The zero-order chi connectivity index (χ0) is 12.9. The number of nitrogens with zero attached hydrogens (tertiary/aromatic N) is 3. The van der Waals surface area contributed by atoms with Crippen molar-refractivity contribution in [2.24, 2.45) is 5.73 Å². The van der Waals surface area contributed by atoms with Crippen molar-refractivity contribution in [2.75, 3.05) is 20.1 Å². The molecule has 0 aromatic carbocycles. The van der Waals surface area contributed by atoms with Crippen LogP contribution in [0.3, 0.4) is 0 Å². The van der Waals surface area contributed by atoms with Gasteiger partial charge in [-0.25, -0.2) is 0 Å². The third kappa shape index (κ3) is 4.38. The highest BCUT2D eigenvalue weighted by atomic mass is 32.2. The van der Waals surface area contributed by atoms with Gasteiger partial charge in [-0.3, -0.25) is 0 Å². The Labute approximate surface area is 100 Å². The number of hydrogen-bond acceptors (Lipinski definition) is 6. The van der Waals surface area contributed by atoms with Gasteiger partial charge in [0.05, 0.1) is 6.54 Å². The van der Waals surface area contributed by atoms with E-state index in [1.807, 2.05) is 0 Å². The summed E-state index contributed by atoms with van der Waals surface area (Å²) in [5.41, 5.74) is 5.31. The normalized spacial score (nSPS) is 12.2. The summed E-state index contributed by atoms with van der Waals surface area (Å²) < 4.78 is 31.8.